The third-order valence-electron chi connectivity index (χ3n) is 10.9. The van der Waals surface area contributed by atoms with Crippen molar-refractivity contribution < 1.29 is 28.2 Å². The van der Waals surface area contributed by atoms with Crippen molar-refractivity contribution in [3.63, 3.8) is 0 Å². The smallest absolute Gasteiger partial charge is 0.335 e. The van der Waals surface area contributed by atoms with Crippen LogP contribution in [0.1, 0.15) is 73.4 Å². The maximum absolute atomic E-state index is 12.1. The molecule has 1 spiro atoms. The van der Waals surface area contributed by atoms with Crippen molar-refractivity contribution in [2.75, 3.05) is 24.6 Å². The summed E-state index contributed by atoms with van der Waals surface area (Å²) < 4.78 is 30.7. The molecule has 2 saturated carbocycles. The van der Waals surface area contributed by atoms with E-state index in [2.05, 4.69) is 17.0 Å². The van der Waals surface area contributed by atoms with Crippen molar-refractivity contribution in [3.05, 3.63) is 70.3 Å². The van der Waals surface area contributed by atoms with Gasteiger partial charge in [0.2, 0.25) is 10.0 Å². The normalized spacial score (nSPS) is 31.0. The van der Waals surface area contributed by atoms with E-state index < -0.39 is 27.3 Å². The molecule has 1 unspecified atom stereocenters. The number of primary sulfonamides is 1. The van der Waals surface area contributed by atoms with Crippen LogP contribution in [0.25, 0.3) is 0 Å². The van der Waals surface area contributed by atoms with Crippen LogP contribution in [0, 0.1) is 23.7 Å². The van der Waals surface area contributed by atoms with Crippen molar-refractivity contribution in [2.45, 2.75) is 75.1 Å². The number of carboxylic acid groups (broad SMARTS) is 1. The Kier molecular flexibility index (Phi) is 8.78. The van der Waals surface area contributed by atoms with Gasteiger partial charge in [0.15, 0.2) is 0 Å². The minimum Gasteiger partial charge on any atom is -0.490 e. The molecule has 4 aliphatic rings. The molecular formula is C34H43ClN2O6S. The third-order valence-corrected chi connectivity index (χ3v) is 12.7. The number of benzene rings is 2. The summed E-state index contributed by atoms with van der Waals surface area (Å²) in [4.78, 5) is 14.2. The third kappa shape index (κ3) is 6.13. The van der Waals surface area contributed by atoms with E-state index in [0.717, 1.165) is 55.7 Å². The van der Waals surface area contributed by atoms with Crippen LogP contribution in [0.5, 0.6) is 5.75 Å². The molecule has 2 aromatic rings. The fourth-order valence-electron chi connectivity index (χ4n) is 8.29. The lowest BCUT2D eigenvalue weighted by Gasteiger charge is -2.45. The highest BCUT2D eigenvalue weighted by atomic mass is 35.5. The summed E-state index contributed by atoms with van der Waals surface area (Å²) in [6.07, 6.45) is 10.3. The van der Waals surface area contributed by atoms with Crippen LogP contribution >= 0.6 is 11.6 Å². The van der Waals surface area contributed by atoms with Gasteiger partial charge in [-0.2, -0.15) is 0 Å². The second-order valence-electron chi connectivity index (χ2n) is 13.6. The summed E-state index contributed by atoms with van der Waals surface area (Å²) >= 11 is 6.38. The number of fused-ring (bicyclic) bond motifs is 3. The number of ether oxygens (including phenoxy) is 1. The fraction of sp³-hybridized carbons (Fsp3) is 0.559. The zero-order valence-corrected chi connectivity index (χ0v) is 26.8. The Morgan fingerprint density at radius 2 is 2.00 bits per heavy atom. The van der Waals surface area contributed by atoms with E-state index in [-0.39, 0.29) is 34.7 Å². The number of rotatable bonds is 7. The number of halogens is 1. The number of nitrogens with zero attached hydrogens (tertiary/aromatic N) is 1. The highest BCUT2D eigenvalue weighted by molar-refractivity contribution is 7.89. The van der Waals surface area contributed by atoms with Gasteiger partial charge in [-0.1, -0.05) is 43.2 Å². The van der Waals surface area contributed by atoms with E-state index in [4.69, 9.17) is 21.5 Å². The number of aliphatic hydroxyl groups excluding tert-OH is 1. The molecular weight excluding hydrogens is 600 g/mol. The van der Waals surface area contributed by atoms with Crippen molar-refractivity contribution >= 4 is 33.3 Å². The molecule has 8 nitrogen and oxygen atoms in total. The van der Waals surface area contributed by atoms with Gasteiger partial charge in [-0.05, 0) is 110 Å². The van der Waals surface area contributed by atoms with Crippen LogP contribution in [-0.4, -0.2) is 55.7 Å². The lowest BCUT2D eigenvalue weighted by molar-refractivity contribution is 0.0452. The first-order valence-corrected chi connectivity index (χ1v) is 17.9. The number of sulfonamides is 1. The number of allylic oxidation sites excluding steroid dienone is 1. The Morgan fingerprint density at radius 1 is 1.18 bits per heavy atom. The molecule has 10 heteroatoms. The van der Waals surface area contributed by atoms with Crippen molar-refractivity contribution in [1.82, 2.24) is 0 Å². The van der Waals surface area contributed by atoms with Gasteiger partial charge in [-0.3, -0.25) is 0 Å². The number of aryl methyl sites for hydroxylation is 1. The van der Waals surface area contributed by atoms with Crippen LogP contribution < -0.4 is 14.8 Å². The van der Waals surface area contributed by atoms with E-state index in [1.165, 1.54) is 11.1 Å². The topological polar surface area (TPSA) is 130 Å². The standard InChI is InChI=1S/C34H43ClN2O6S/c1-21-22(4-2-6-32(21)44(36,41)42)8-13-30(38)27-11-7-25(27)18-37-19-34(15-3-5-23-16-26(35)10-12-28(23)34)20-43-31-14-9-24(33(39)40)17-29(31)37/h8-10,12-14,16-17,21-22,25,27,30,32,38H,2-7,11,15,18-20H2,1H3,(H,39,40)(H2,36,41,42)/b13-8+/t21-,22-,25-,27+,30?,32+,34-/m0/s1. The largest absolute Gasteiger partial charge is 0.490 e. The highest BCUT2D eigenvalue weighted by Gasteiger charge is 2.44. The summed E-state index contributed by atoms with van der Waals surface area (Å²) in [5.74, 6) is -0.0684. The molecule has 0 saturated heterocycles. The quantitative estimate of drug-likeness (QED) is 0.338. The number of hydrogen-bond donors (Lipinski definition) is 3. The molecule has 44 heavy (non-hydrogen) atoms. The molecule has 4 N–H and O–H groups in total. The molecule has 0 radical (unpaired) electrons. The molecule has 2 aromatic carbocycles. The highest BCUT2D eigenvalue weighted by Crippen LogP contribution is 2.47. The van der Waals surface area contributed by atoms with E-state index in [9.17, 15) is 23.4 Å². The summed E-state index contributed by atoms with van der Waals surface area (Å²) in [6.45, 7) is 3.80. The maximum Gasteiger partial charge on any atom is 0.335 e. The molecule has 0 bridgehead atoms. The van der Waals surface area contributed by atoms with Gasteiger partial charge in [0.25, 0.3) is 0 Å². The van der Waals surface area contributed by atoms with Gasteiger partial charge >= 0.3 is 5.97 Å². The number of carbonyl (C=O) groups is 1. The van der Waals surface area contributed by atoms with Gasteiger partial charge in [-0.15, -0.1) is 0 Å². The number of carboxylic acids is 1. The van der Waals surface area contributed by atoms with Gasteiger partial charge in [-0.25, -0.2) is 18.4 Å². The molecule has 3 aliphatic carbocycles. The van der Waals surface area contributed by atoms with Crippen molar-refractivity contribution in [3.8, 4) is 5.75 Å². The van der Waals surface area contributed by atoms with Gasteiger partial charge in [0.1, 0.15) is 5.75 Å². The average Bonchev–Trinajstić information content (AvgIpc) is 3.11. The predicted molar refractivity (Wildman–Crippen MR) is 172 cm³/mol. The first kappa shape index (κ1) is 31.4. The molecule has 2 fully saturated rings. The lowest BCUT2D eigenvalue weighted by atomic mass is 9.68. The molecule has 238 valence electrons. The maximum atomic E-state index is 12.1. The molecule has 1 heterocycles. The molecule has 7 atom stereocenters. The van der Waals surface area contributed by atoms with Crippen LogP contribution in [0.15, 0.2) is 48.6 Å². The Balaban J connectivity index is 1.24. The Hall–Kier alpha value is -2.59. The zero-order chi connectivity index (χ0) is 31.2. The average molecular weight is 643 g/mol. The van der Waals surface area contributed by atoms with Crippen LogP contribution in [-0.2, 0) is 21.9 Å². The predicted octanol–water partition coefficient (Wildman–Crippen LogP) is 5.55. The minimum absolute atomic E-state index is 0.0582. The number of aliphatic hydroxyl groups is 1. The molecule has 6 rings (SSSR count). The first-order valence-electron chi connectivity index (χ1n) is 15.9. The van der Waals surface area contributed by atoms with Gasteiger partial charge < -0.3 is 19.8 Å². The van der Waals surface area contributed by atoms with Crippen LogP contribution in [0.3, 0.4) is 0 Å². The Morgan fingerprint density at radius 3 is 2.73 bits per heavy atom. The number of hydrogen-bond acceptors (Lipinski definition) is 6. The second-order valence-corrected chi connectivity index (χ2v) is 15.8. The SMILES string of the molecule is C[C@H]1[C@H](/C=C/C(O)[C@@H]2CC[C@H]2CN2C[C@@]3(CCCc4cc(Cl)ccc43)COc3ccc(C(=O)O)cc32)CCC[C@H]1S(N)(=O)=O. The molecule has 0 amide bonds. The van der Waals surface area contributed by atoms with Crippen molar-refractivity contribution in [2.24, 2.45) is 28.8 Å². The molecule has 0 aromatic heterocycles. The number of anilines is 1. The Labute approximate surface area is 265 Å². The summed E-state index contributed by atoms with van der Waals surface area (Å²) in [7, 11) is -3.61. The van der Waals surface area contributed by atoms with Crippen LogP contribution in [0.2, 0.25) is 5.02 Å². The van der Waals surface area contributed by atoms with E-state index >= 15 is 0 Å². The number of nitrogens with two attached hydrogens (primary N) is 1. The Bertz CT molecular complexity index is 1550. The summed E-state index contributed by atoms with van der Waals surface area (Å²) in [5, 5.41) is 26.8. The monoisotopic (exact) mass is 642 g/mol. The summed E-state index contributed by atoms with van der Waals surface area (Å²) in [5.41, 5.74) is 3.22. The minimum atomic E-state index is -3.61. The van der Waals surface area contributed by atoms with Gasteiger partial charge in [0.05, 0.1) is 29.2 Å². The second kappa shape index (κ2) is 12.3. The zero-order valence-electron chi connectivity index (χ0n) is 25.2. The van der Waals surface area contributed by atoms with E-state index in [1.807, 2.05) is 25.1 Å². The molecule has 1 aliphatic heterocycles. The lowest BCUT2D eigenvalue weighted by Crippen LogP contribution is -2.49. The first-order chi connectivity index (χ1) is 20.9. The summed E-state index contributed by atoms with van der Waals surface area (Å²) in [6, 6.07) is 11.2. The number of aromatic carboxylic acids is 1. The van der Waals surface area contributed by atoms with E-state index in [1.54, 1.807) is 18.2 Å². The van der Waals surface area contributed by atoms with E-state index in [0.29, 0.717) is 31.9 Å². The van der Waals surface area contributed by atoms with Crippen molar-refractivity contribution in [1.29, 1.82) is 0 Å². The van der Waals surface area contributed by atoms with Crippen LogP contribution in [0.4, 0.5) is 5.69 Å². The fourth-order valence-corrected chi connectivity index (χ4v) is 9.78. The van der Waals surface area contributed by atoms with Gasteiger partial charge in [0, 0.05) is 23.5 Å².